The predicted molar refractivity (Wildman–Crippen MR) is 85.6 cm³/mol. The summed E-state index contributed by atoms with van der Waals surface area (Å²) >= 11 is 0. The number of halogens is 1. The number of rotatable bonds is 5. The third-order valence-corrected chi connectivity index (χ3v) is 4.86. The van der Waals surface area contributed by atoms with Crippen LogP contribution < -0.4 is 5.32 Å². The topological polar surface area (TPSA) is 66.4 Å². The van der Waals surface area contributed by atoms with Gasteiger partial charge >= 0.3 is 5.97 Å². The standard InChI is InChI=1S/C18H24FNO3/c1-12(13-7-3-4-9-15(13)19)11-16(21)20-18(2)10-6-5-8-14(18)17(22)23/h3-4,7,9,12,14H,5-6,8,10-11H2,1-2H3,(H,20,21)(H,22,23). The molecule has 3 unspecified atom stereocenters. The number of nitrogens with one attached hydrogen (secondary N) is 1. The van der Waals surface area contributed by atoms with Crippen LogP contribution in [-0.4, -0.2) is 22.5 Å². The quantitative estimate of drug-likeness (QED) is 0.872. The van der Waals surface area contributed by atoms with E-state index in [9.17, 15) is 19.1 Å². The van der Waals surface area contributed by atoms with E-state index in [0.29, 0.717) is 18.4 Å². The van der Waals surface area contributed by atoms with Gasteiger partial charge in [-0.25, -0.2) is 4.39 Å². The van der Waals surface area contributed by atoms with E-state index in [0.717, 1.165) is 12.8 Å². The molecule has 1 fully saturated rings. The summed E-state index contributed by atoms with van der Waals surface area (Å²) < 4.78 is 13.8. The van der Waals surface area contributed by atoms with Crippen molar-refractivity contribution in [3.63, 3.8) is 0 Å². The Balaban J connectivity index is 2.03. The van der Waals surface area contributed by atoms with Crippen molar-refractivity contribution in [3.05, 3.63) is 35.6 Å². The van der Waals surface area contributed by atoms with Gasteiger partial charge in [-0.3, -0.25) is 9.59 Å². The maximum atomic E-state index is 13.8. The fourth-order valence-electron chi connectivity index (χ4n) is 3.51. The van der Waals surface area contributed by atoms with Gasteiger partial charge in [0.15, 0.2) is 0 Å². The number of hydrogen-bond acceptors (Lipinski definition) is 2. The lowest BCUT2D eigenvalue weighted by Crippen LogP contribution is -2.55. The molecule has 1 aromatic rings. The normalized spacial score (nSPS) is 25.6. The summed E-state index contributed by atoms with van der Waals surface area (Å²) in [5, 5.41) is 12.3. The highest BCUT2D eigenvalue weighted by Crippen LogP contribution is 2.34. The first kappa shape index (κ1) is 17.4. The van der Waals surface area contributed by atoms with Gasteiger partial charge in [0.2, 0.25) is 5.91 Å². The van der Waals surface area contributed by atoms with Crippen molar-refractivity contribution in [3.8, 4) is 0 Å². The van der Waals surface area contributed by atoms with Crippen LogP contribution in [0, 0.1) is 11.7 Å². The average Bonchev–Trinajstić information content (AvgIpc) is 2.46. The van der Waals surface area contributed by atoms with Crippen LogP contribution in [0.15, 0.2) is 24.3 Å². The van der Waals surface area contributed by atoms with Crippen molar-refractivity contribution in [2.75, 3.05) is 0 Å². The molecule has 5 heteroatoms. The highest BCUT2D eigenvalue weighted by Gasteiger charge is 2.42. The molecular weight excluding hydrogens is 297 g/mol. The molecule has 126 valence electrons. The van der Waals surface area contributed by atoms with Gasteiger partial charge in [-0.15, -0.1) is 0 Å². The van der Waals surface area contributed by atoms with Crippen molar-refractivity contribution >= 4 is 11.9 Å². The number of amides is 1. The second kappa shape index (κ2) is 7.11. The largest absolute Gasteiger partial charge is 0.481 e. The molecule has 23 heavy (non-hydrogen) atoms. The summed E-state index contributed by atoms with van der Waals surface area (Å²) in [6.07, 6.45) is 3.15. The summed E-state index contributed by atoms with van der Waals surface area (Å²) in [7, 11) is 0. The van der Waals surface area contributed by atoms with Gasteiger partial charge in [0.1, 0.15) is 5.82 Å². The Hall–Kier alpha value is -1.91. The molecule has 2 rings (SSSR count). The Morgan fingerprint density at radius 2 is 2.09 bits per heavy atom. The number of carbonyl (C=O) groups is 2. The molecule has 1 saturated carbocycles. The maximum Gasteiger partial charge on any atom is 0.308 e. The van der Waals surface area contributed by atoms with Crippen LogP contribution in [0.3, 0.4) is 0 Å². The average molecular weight is 321 g/mol. The molecule has 1 amide bonds. The fourth-order valence-corrected chi connectivity index (χ4v) is 3.51. The van der Waals surface area contributed by atoms with Crippen molar-refractivity contribution in [1.82, 2.24) is 5.32 Å². The van der Waals surface area contributed by atoms with E-state index in [-0.39, 0.29) is 24.1 Å². The van der Waals surface area contributed by atoms with E-state index in [1.807, 2.05) is 0 Å². The van der Waals surface area contributed by atoms with E-state index in [2.05, 4.69) is 5.32 Å². The van der Waals surface area contributed by atoms with Crippen LogP contribution in [0.1, 0.15) is 57.4 Å². The zero-order valence-corrected chi connectivity index (χ0v) is 13.6. The van der Waals surface area contributed by atoms with Gasteiger partial charge in [0, 0.05) is 6.42 Å². The van der Waals surface area contributed by atoms with Crippen molar-refractivity contribution in [2.24, 2.45) is 5.92 Å². The van der Waals surface area contributed by atoms with Crippen LogP contribution in [0.4, 0.5) is 4.39 Å². The van der Waals surface area contributed by atoms with Crippen LogP contribution in [0.2, 0.25) is 0 Å². The van der Waals surface area contributed by atoms with Crippen molar-refractivity contribution < 1.29 is 19.1 Å². The summed E-state index contributed by atoms with van der Waals surface area (Å²) in [5.74, 6) is -2.23. The number of carboxylic acids is 1. The minimum absolute atomic E-state index is 0.142. The Bertz CT molecular complexity index is 589. The summed E-state index contributed by atoms with van der Waals surface area (Å²) in [6, 6.07) is 6.42. The fraction of sp³-hybridized carbons (Fsp3) is 0.556. The van der Waals surface area contributed by atoms with Crippen molar-refractivity contribution in [1.29, 1.82) is 0 Å². The number of hydrogen-bond donors (Lipinski definition) is 2. The second-order valence-corrected chi connectivity index (χ2v) is 6.73. The van der Waals surface area contributed by atoms with Crippen LogP contribution in [-0.2, 0) is 9.59 Å². The smallest absolute Gasteiger partial charge is 0.308 e. The second-order valence-electron chi connectivity index (χ2n) is 6.73. The minimum Gasteiger partial charge on any atom is -0.481 e. The molecular formula is C18H24FNO3. The molecule has 0 aromatic heterocycles. The summed E-state index contributed by atoms with van der Waals surface area (Å²) in [5.41, 5.74) is -0.220. The lowest BCUT2D eigenvalue weighted by atomic mass is 9.73. The summed E-state index contributed by atoms with van der Waals surface area (Å²) in [6.45, 7) is 3.60. The van der Waals surface area contributed by atoms with Crippen LogP contribution in [0.5, 0.6) is 0 Å². The molecule has 0 aliphatic heterocycles. The van der Waals surface area contributed by atoms with E-state index in [1.54, 1.807) is 32.0 Å². The number of aliphatic carboxylic acids is 1. The molecule has 2 N–H and O–H groups in total. The SMILES string of the molecule is CC(CC(=O)NC1(C)CCCCC1C(=O)O)c1ccccc1F. The monoisotopic (exact) mass is 321 g/mol. The van der Waals surface area contributed by atoms with Crippen LogP contribution in [0.25, 0.3) is 0 Å². The zero-order chi connectivity index (χ0) is 17.0. The molecule has 1 aliphatic rings. The van der Waals surface area contributed by atoms with Crippen molar-refractivity contribution in [2.45, 2.75) is 57.4 Å². The third-order valence-electron chi connectivity index (χ3n) is 4.86. The zero-order valence-electron chi connectivity index (χ0n) is 13.6. The molecule has 0 spiro atoms. The minimum atomic E-state index is -0.866. The van der Waals surface area contributed by atoms with Crippen LogP contribution >= 0.6 is 0 Å². The number of benzene rings is 1. The Morgan fingerprint density at radius 1 is 1.39 bits per heavy atom. The molecule has 0 bridgehead atoms. The van der Waals surface area contributed by atoms with Gasteiger partial charge in [-0.2, -0.15) is 0 Å². The molecule has 4 nitrogen and oxygen atoms in total. The van der Waals surface area contributed by atoms with E-state index in [1.165, 1.54) is 6.07 Å². The first-order chi connectivity index (χ1) is 10.8. The molecule has 1 aromatic carbocycles. The Kier molecular flexibility index (Phi) is 5.39. The van der Waals surface area contributed by atoms with Gasteiger partial charge < -0.3 is 10.4 Å². The number of carbonyl (C=O) groups excluding carboxylic acids is 1. The predicted octanol–water partition coefficient (Wildman–Crippen LogP) is 3.47. The van der Waals surface area contributed by atoms with Gasteiger partial charge in [-0.1, -0.05) is 38.0 Å². The lowest BCUT2D eigenvalue weighted by Gasteiger charge is -2.40. The van der Waals surface area contributed by atoms with E-state index < -0.39 is 17.4 Å². The molecule has 0 saturated heterocycles. The molecule has 3 atom stereocenters. The van der Waals surface area contributed by atoms with Gasteiger partial charge in [0.05, 0.1) is 11.5 Å². The number of carboxylic acid groups (broad SMARTS) is 1. The molecule has 0 heterocycles. The lowest BCUT2D eigenvalue weighted by molar-refractivity contribution is -0.146. The van der Waals surface area contributed by atoms with E-state index in [4.69, 9.17) is 0 Å². The Morgan fingerprint density at radius 3 is 2.74 bits per heavy atom. The van der Waals surface area contributed by atoms with E-state index >= 15 is 0 Å². The highest BCUT2D eigenvalue weighted by molar-refractivity contribution is 5.80. The maximum absolute atomic E-state index is 13.8. The molecule has 0 radical (unpaired) electrons. The van der Waals surface area contributed by atoms with Gasteiger partial charge in [0.25, 0.3) is 0 Å². The van der Waals surface area contributed by atoms with Gasteiger partial charge in [-0.05, 0) is 37.3 Å². The first-order valence-corrected chi connectivity index (χ1v) is 8.12. The highest BCUT2D eigenvalue weighted by atomic mass is 19.1. The Labute approximate surface area is 136 Å². The summed E-state index contributed by atoms with van der Waals surface area (Å²) in [4.78, 5) is 23.8. The third kappa shape index (κ3) is 4.09. The first-order valence-electron chi connectivity index (χ1n) is 8.12. The molecule has 1 aliphatic carbocycles.